The van der Waals surface area contributed by atoms with Gasteiger partial charge in [-0.3, -0.25) is 4.79 Å². The number of amides is 1. The first kappa shape index (κ1) is 13.7. The van der Waals surface area contributed by atoms with E-state index < -0.39 is 0 Å². The Hall–Kier alpha value is -1.29. The van der Waals surface area contributed by atoms with Crippen LogP contribution in [-0.4, -0.2) is 30.0 Å². The van der Waals surface area contributed by atoms with Crippen LogP contribution < -0.4 is 9.80 Å². The van der Waals surface area contributed by atoms with Crippen molar-refractivity contribution in [1.29, 1.82) is 0 Å². The summed E-state index contributed by atoms with van der Waals surface area (Å²) in [6.07, 6.45) is 7.34. The number of fused-ring (bicyclic) bond motifs is 1. The summed E-state index contributed by atoms with van der Waals surface area (Å²) in [4.78, 5) is 20.8. The molecule has 108 valence electrons. The molecule has 1 fully saturated rings. The molecule has 3 rings (SSSR count). The molecule has 0 saturated heterocycles. The number of carbonyl (C=O) groups is 1. The average Bonchev–Trinajstić information content (AvgIpc) is 2.96. The number of nitrogens with zero attached hydrogens (tertiary/aromatic N) is 3. The number of hydrogen-bond donors (Lipinski definition) is 0. The van der Waals surface area contributed by atoms with Gasteiger partial charge < -0.3 is 9.80 Å². The van der Waals surface area contributed by atoms with Crippen molar-refractivity contribution in [3.8, 4) is 0 Å². The van der Waals surface area contributed by atoms with Crippen LogP contribution in [0.15, 0.2) is 12.3 Å². The first-order valence-electron chi connectivity index (χ1n) is 7.35. The topological polar surface area (TPSA) is 36.4 Å². The summed E-state index contributed by atoms with van der Waals surface area (Å²) in [7, 11) is 1.82. The third-order valence-electron chi connectivity index (χ3n) is 4.52. The molecule has 0 aromatic carbocycles. The molecule has 1 aromatic rings. The Balaban J connectivity index is 2.11. The zero-order chi connectivity index (χ0) is 14.3. The van der Waals surface area contributed by atoms with Gasteiger partial charge in [-0.1, -0.05) is 31.4 Å². The molecule has 1 saturated carbocycles. The minimum absolute atomic E-state index is 0.0749. The molecule has 0 N–H and O–H groups in total. The second-order valence-corrected chi connectivity index (χ2v) is 6.05. The number of hydrogen-bond acceptors (Lipinski definition) is 3. The molecule has 2 aliphatic rings. The van der Waals surface area contributed by atoms with E-state index in [0.717, 1.165) is 30.6 Å². The average molecular weight is 294 g/mol. The van der Waals surface area contributed by atoms with Crippen LogP contribution in [0.3, 0.4) is 0 Å². The predicted octanol–water partition coefficient (Wildman–Crippen LogP) is 3.24. The Kier molecular flexibility index (Phi) is 3.59. The van der Waals surface area contributed by atoms with E-state index in [1.165, 1.54) is 12.8 Å². The van der Waals surface area contributed by atoms with Gasteiger partial charge in [0.15, 0.2) is 0 Å². The van der Waals surface area contributed by atoms with Crippen LogP contribution in [0.4, 0.5) is 11.4 Å². The minimum Gasteiger partial charge on any atom is -0.355 e. The number of likely N-dealkylation sites (N-methyl/N-ethyl adjacent to an activating group) is 1. The lowest BCUT2D eigenvalue weighted by molar-refractivity contribution is -0.120. The molecule has 1 atom stereocenters. The second kappa shape index (κ2) is 5.24. The highest BCUT2D eigenvalue weighted by molar-refractivity contribution is 6.30. The third-order valence-corrected chi connectivity index (χ3v) is 4.73. The summed E-state index contributed by atoms with van der Waals surface area (Å²) in [6.45, 7) is 2.08. The normalized spacial score (nSPS) is 23.4. The summed E-state index contributed by atoms with van der Waals surface area (Å²) in [5.74, 6) is 0.163. The van der Waals surface area contributed by atoms with Crippen molar-refractivity contribution < 1.29 is 4.79 Å². The van der Waals surface area contributed by atoms with Gasteiger partial charge in [0.2, 0.25) is 5.91 Å². The Morgan fingerprint density at radius 3 is 2.70 bits per heavy atom. The molecule has 0 bridgehead atoms. The van der Waals surface area contributed by atoms with E-state index in [1.54, 1.807) is 11.1 Å². The van der Waals surface area contributed by atoms with Gasteiger partial charge in [0.05, 0.1) is 17.6 Å². The molecule has 5 heteroatoms. The van der Waals surface area contributed by atoms with E-state index in [1.807, 2.05) is 13.1 Å². The van der Waals surface area contributed by atoms with Crippen molar-refractivity contribution in [3.63, 3.8) is 0 Å². The van der Waals surface area contributed by atoms with Crippen LogP contribution in [0, 0.1) is 0 Å². The summed E-state index contributed by atoms with van der Waals surface area (Å²) in [5.41, 5.74) is 1.93. The maximum Gasteiger partial charge on any atom is 0.249 e. The monoisotopic (exact) mass is 293 g/mol. The van der Waals surface area contributed by atoms with Crippen molar-refractivity contribution in [2.75, 3.05) is 16.8 Å². The molecule has 1 aliphatic carbocycles. The second-order valence-electron chi connectivity index (χ2n) is 5.66. The smallest absolute Gasteiger partial charge is 0.249 e. The highest BCUT2D eigenvalue weighted by atomic mass is 35.5. The van der Waals surface area contributed by atoms with E-state index in [-0.39, 0.29) is 11.9 Å². The lowest BCUT2D eigenvalue weighted by Crippen LogP contribution is -2.55. The Labute approximate surface area is 124 Å². The maximum absolute atomic E-state index is 12.6. The van der Waals surface area contributed by atoms with E-state index in [9.17, 15) is 4.79 Å². The van der Waals surface area contributed by atoms with Gasteiger partial charge in [0, 0.05) is 19.2 Å². The Morgan fingerprint density at radius 1 is 1.35 bits per heavy atom. The minimum atomic E-state index is -0.0749. The van der Waals surface area contributed by atoms with Crippen LogP contribution in [0.25, 0.3) is 0 Å². The molecule has 0 spiro atoms. The van der Waals surface area contributed by atoms with Crippen LogP contribution in [0.5, 0.6) is 0 Å². The maximum atomic E-state index is 12.6. The van der Waals surface area contributed by atoms with Crippen molar-refractivity contribution in [2.45, 2.75) is 51.1 Å². The fourth-order valence-corrected chi connectivity index (χ4v) is 3.66. The molecule has 20 heavy (non-hydrogen) atoms. The highest BCUT2D eigenvalue weighted by Gasteiger charge is 2.39. The summed E-state index contributed by atoms with van der Waals surface area (Å²) >= 11 is 6.08. The van der Waals surface area contributed by atoms with Gasteiger partial charge in [-0.25, -0.2) is 4.98 Å². The quantitative estimate of drug-likeness (QED) is 0.786. The fourth-order valence-electron chi connectivity index (χ4n) is 3.51. The van der Waals surface area contributed by atoms with Crippen LogP contribution >= 0.6 is 11.6 Å². The van der Waals surface area contributed by atoms with E-state index in [4.69, 9.17) is 11.6 Å². The standard InChI is InChI=1S/C15H20ClN3O/c1-3-11-15(20)18(2)13-9-17-14(16)8-12(13)19(11)10-6-4-5-7-10/h8-11H,3-7H2,1-2H3. The molecule has 1 amide bonds. The summed E-state index contributed by atoms with van der Waals surface area (Å²) in [5, 5.41) is 0.490. The highest BCUT2D eigenvalue weighted by Crippen LogP contribution is 2.41. The number of rotatable bonds is 2. The van der Waals surface area contributed by atoms with Crippen LogP contribution in [0.1, 0.15) is 39.0 Å². The molecule has 1 aliphatic heterocycles. The molecule has 0 radical (unpaired) electrons. The first-order chi connectivity index (χ1) is 9.63. The summed E-state index contributed by atoms with van der Waals surface area (Å²) < 4.78 is 0. The number of pyridine rings is 1. The number of anilines is 2. The van der Waals surface area contributed by atoms with E-state index in [0.29, 0.717) is 11.2 Å². The van der Waals surface area contributed by atoms with Gasteiger partial charge in [0.1, 0.15) is 11.2 Å². The Bertz CT molecular complexity index is 528. The van der Waals surface area contributed by atoms with E-state index in [2.05, 4.69) is 16.8 Å². The van der Waals surface area contributed by atoms with Crippen LogP contribution in [-0.2, 0) is 4.79 Å². The number of carbonyl (C=O) groups excluding carboxylic acids is 1. The van der Waals surface area contributed by atoms with Gasteiger partial charge in [0.25, 0.3) is 0 Å². The van der Waals surface area contributed by atoms with Crippen molar-refractivity contribution in [2.24, 2.45) is 0 Å². The fraction of sp³-hybridized carbons (Fsp3) is 0.600. The third kappa shape index (κ3) is 2.06. The lowest BCUT2D eigenvalue weighted by atomic mass is 10.0. The van der Waals surface area contributed by atoms with Gasteiger partial charge in [-0.05, 0) is 19.3 Å². The number of aromatic nitrogens is 1. The first-order valence-corrected chi connectivity index (χ1v) is 7.72. The van der Waals surface area contributed by atoms with Gasteiger partial charge >= 0.3 is 0 Å². The zero-order valence-electron chi connectivity index (χ0n) is 12.0. The van der Waals surface area contributed by atoms with Gasteiger partial charge in [-0.2, -0.15) is 0 Å². The molecule has 1 unspecified atom stereocenters. The number of halogens is 1. The van der Waals surface area contributed by atoms with Crippen molar-refractivity contribution in [1.82, 2.24) is 4.98 Å². The van der Waals surface area contributed by atoms with E-state index >= 15 is 0 Å². The predicted molar refractivity (Wildman–Crippen MR) is 81.5 cm³/mol. The summed E-state index contributed by atoms with van der Waals surface area (Å²) in [6, 6.07) is 2.28. The molecular weight excluding hydrogens is 274 g/mol. The molecule has 1 aromatic heterocycles. The van der Waals surface area contributed by atoms with Crippen LogP contribution in [0.2, 0.25) is 5.15 Å². The molecular formula is C15H20ClN3O. The largest absolute Gasteiger partial charge is 0.355 e. The Morgan fingerprint density at radius 2 is 2.05 bits per heavy atom. The molecule has 4 nitrogen and oxygen atoms in total. The van der Waals surface area contributed by atoms with Gasteiger partial charge in [-0.15, -0.1) is 0 Å². The van der Waals surface area contributed by atoms with Crippen molar-refractivity contribution >= 4 is 28.9 Å². The lowest BCUT2D eigenvalue weighted by Gasteiger charge is -2.44. The van der Waals surface area contributed by atoms with Crippen molar-refractivity contribution in [3.05, 3.63) is 17.4 Å². The molecule has 2 heterocycles. The SMILES string of the molecule is CCC1C(=O)N(C)c2cnc(Cl)cc2N1C1CCCC1. The zero-order valence-corrected chi connectivity index (χ0v) is 12.7.